The number of hydrogen-bond donors (Lipinski definition) is 1. The zero-order valence-corrected chi connectivity index (χ0v) is 4.22. The first-order chi connectivity index (χ1) is 3.27. The van der Waals surface area contributed by atoms with E-state index in [2.05, 4.69) is 10.8 Å². The molecule has 0 radical (unpaired) electrons. The normalized spacial score (nSPS) is 8.86. The molecule has 0 atom stereocenters. The van der Waals surface area contributed by atoms with Crippen molar-refractivity contribution in [1.82, 2.24) is 5.17 Å². The first kappa shape index (κ1) is 6.44. The smallest absolute Gasteiger partial charge is 0.130 e. The summed E-state index contributed by atoms with van der Waals surface area (Å²) >= 11 is 0. The molecular formula is C4H8N2O. The Kier molecular flexibility index (Phi) is 3.33. The van der Waals surface area contributed by atoms with Gasteiger partial charge in [0.1, 0.15) is 6.61 Å². The van der Waals surface area contributed by atoms with Gasteiger partial charge in [0.15, 0.2) is 0 Å². The Labute approximate surface area is 43.0 Å². The van der Waals surface area contributed by atoms with Crippen LogP contribution in [0.25, 0.3) is 0 Å². The van der Waals surface area contributed by atoms with Crippen molar-refractivity contribution in [2.45, 2.75) is 0 Å². The highest BCUT2D eigenvalue weighted by Crippen LogP contribution is 1.68. The fourth-order valence-electron chi connectivity index (χ4n) is 0.139. The number of terminal acetylenes is 1. The lowest BCUT2D eigenvalue weighted by atomic mass is 10.8. The molecule has 3 nitrogen and oxygen atoms in total. The minimum atomic E-state index is 0.229. The quantitative estimate of drug-likeness (QED) is 0.285. The van der Waals surface area contributed by atoms with E-state index in [1.54, 1.807) is 7.05 Å². The molecule has 0 rings (SSSR count). The van der Waals surface area contributed by atoms with E-state index in [0.29, 0.717) is 0 Å². The van der Waals surface area contributed by atoms with Crippen LogP contribution < -0.4 is 5.84 Å². The van der Waals surface area contributed by atoms with Gasteiger partial charge < -0.3 is 0 Å². The van der Waals surface area contributed by atoms with E-state index in [9.17, 15) is 0 Å². The van der Waals surface area contributed by atoms with Crippen LogP contribution in [0.4, 0.5) is 0 Å². The van der Waals surface area contributed by atoms with Crippen LogP contribution in [0.15, 0.2) is 0 Å². The van der Waals surface area contributed by atoms with Crippen LogP contribution in [0.2, 0.25) is 0 Å². The average Bonchev–Trinajstić information content (AvgIpc) is 1.61. The van der Waals surface area contributed by atoms with Crippen LogP contribution in [0.5, 0.6) is 0 Å². The Balaban J connectivity index is 2.86. The molecule has 3 heteroatoms. The van der Waals surface area contributed by atoms with Crippen LogP contribution in [-0.4, -0.2) is 18.8 Å². The molecule has 0 unspecified atom stereocenters. The molecule has 7 heavy (non-hydrogen) atoms. The van der Waals surface area contributed by atoms with E-state index < -0.39 is 0 Å². The van der Waals surface area contributed by atoms with Crippen molar-refractivity contribution >= 4 is 0 Å². The third kappa shape index (κ3) is 5.44. The van der Waals surface area contributed by atoms with E-state index in [-0.39, 0.29) is 6.61 Å². The molecule has 2 N–H and O–H groups in total. The molecule has 0 fully saturated rings. The largest absolute Gasteiger partial charge is 0.272 e. The Bertz CT molecular complexity index is 74.2. The highest BCUT2D eigenvalue weighted by Gasteiger charge is 1.80. The van der Waals surface area contributed by atoms with Gasteiger partial charge in [-0.15, -0.1) is 11.6 Å². The van der Waals surface area contributed by atoms with Gasteiger partial charge >= 0.3 is 0 Å². The molecule has 0 heterocycles. The lowest BCUT2D eigenvalue weighted by Gasteiger charge is -2.04. The van der Waals surface area contributed by atoms with Gasteiger partial charge in [0.2, 0.25) is 0 Å². The number of hydrazine groups is 1. The number of hydrogen-bond acceptors (Lipinski definition) is 3. The van der Waals surface area contributed by atoms with Gasteiger partial charge in [0, 0.05) is 7.05 Å². The third-order valence-corrected chi connectivity index (χ3v) is 0.352. The molecule has 40 valence electrons. The molecule has 0 bridgehead atoms. The van der Waals surface area contributed by atoms with Crippen molar-refractivity contribution in [2.75, 3.05) is 13.7 Å². The summed E-state index contributed by atoms with van der Waals surface area (Å²) < 4.78 is 0. The maximum Gasteiger partial charge on any atom is 0.130 e. The topological polar surface area (TPSA) is 38.5 Å². The minimum Gasteiger partial charge on any atom is -0.272 e. The fraction of sp³-hybridized carbons (Fsp3) is 0.500. The first-order valence-corrected chi connectivity index (χ1v) is 1.82. The van der Waals surface area contributed by atoms with Gasteiger partial charge in [-0.3, -0.25) is 4.84 Å². The van der Waals surface area contributed by atoms with E-state index in [1.165, 1.54) is 0 Å². The van der Waals surface area contributed by atoms with Gasteiger partial charge in [-0.05, 0) is 0 Å². The Morgan fingerprint density at radius 1 is 2.00 bits per heavy atom. The molecule has 0 amide bonds. The summed E-state index contributed by atoms with van der Waals surface area (Å²) in [5, 5.41) is 1.07. The lowest BCUT2D eigenvalue weighted by Crippen LogP contribution is -2.26. The summed E-state index contributed by atoms with van der Waals surface area (Å²) in [7, 11) is 1.57. The highest BCUT2D eigenvalue weighted by atomic mass is 16.7. The maximum absolute atomic E-state index is 4.99. The molecule has 0 aromatic rings. The van der Waals surface area contributed by atoms with Crippen LogP contribution in [0.1, 0.15) is 0 Å². The standard InChI is InChI=1S/C4H8N2O/c1-3-4-7-6(2)5/h1H,4-5H2,2H3. The molecule has 0 aliphatic heterocycles. The van der Waals surface area contributed by atoms with Crippen molar-refractivity contribution in [2.24, 2.45) is 5.84 Å². The fourth-order valence-corrected chi connectivity index (χ4v) is 0.139. The molecular weight excluding hydrogens is 92.1 g/mol. The van der Waals surface area contributed by atoms with Crippen LogP contribution >= 0.6 is 0 Å². The van der Waals surface area contributed by atoms with Crippen molar-refractivity contribution in [1.29, 1.82) is 0 Å². The predicted molar refractivity (Wildman–Crippen MR) is 26.7 cm³/mol. The van der Waals surface area contributed by atoms with Crippen molar-refractivity contribution in [3.8, 4) is 12.3 Å². The Hall–Kier alpha value is -0.560. The number of hydroxylamine groups is 1. The molecule has 0 saturated heterocycles. The van der Waals surface area contributed by atoms with Crippen molar-refractivity contribution in [3.05, 3.63) is 0 Å². The minimum absolute atomic E-state index is 0.229. The van der Waals surface area contributed by atoms with Crippen molar-refractivity contribution in [3.63, 3.8) is 0 Å². The summed E-state index contributed by atoms with van der Waals surface area (Å²) in [4.78, 5) is 4.57. The third-order valence-electron chi connectivity index (χ3n) is 0.352. The molecule has 0 aromatic carbocycles. The van der Waals surface area contributed by atoms with E-state index in [4.69, 9.17) is 12.3 Å². The maximum atomic E-state index is 4.99. The Morgan fingerprint density at radius 2 is 2.57 bits per heavy atom. The SMILES string of the molecule is C#CCON(C)N. The van der Waals surface area contributed by atoms with E-state index in [1.807, 2.05) is 0 Å². The van der Waals surface area contributed by atoms with E-state index in [0.717, 1.165) is 5.17 Å². The number of nitrogens with zero attached hydrogens (tertiary/aromatic N) is 1. The molecule has 0 aromatic heterocycles. The van der Waals surface area contributed by atoms with Crippen LogP contribution in [-0.2, 0) is 4.84 Å². The summed E-state index contributed by atoms with van der Waals surface area (Å²) in [6, 6.07) is 0. The van der Waals surface area contributed by atoms with Gasteiger partial charge in [0.05, 0.1) is 0 Å². The van der Waals surface area contributed by atoms with Gasteiger partial charge in [-0.2, -0.15) is 0 Å². The van der Waals surface area contributed by atoms with Gasteiger partial charge in [-0.1, -0.05) is 5.92 Å². The van der Waals surface area contributed by atoms with Crippen LogP contribution in [0, 0.1) is 12.3 Å². The Morgan fingerprint density at radius 3 is 2.71 bits per heavy atom. The second kappa shape index (κ2) is 3.62. The highest BCUT2D eigenvalue weighted by molar-refractivity contribution is 4.82. The summed E-state index contributed by atoms with van der Waals surface area (Å²) in [6.45, 7) is 0.229. The molecule has 0 aliphatic rings. The van der Waals surface area contributed by atoms with Gasteiger partial charge in [0.25, 0.3) is 0 Å². The molecule has 0 saturated carbocycles. The summed E-state index contributed by atoms with van der Waals surface area (Å²) in [6.07, 6.45) is 4.82. The summed E-state index contributed by atoms with van der Waals surface area (Å²) in [5.41, 5.74) is 0. The predicted octanol–water partition coefficient (Wildman–Crippen LogP) is -0.643. The zero-order valence-electron chi connectivity index (χ0n) is 4.22. The average molecular weight is 100 g/mol. The summed E-state index contributed by atoms with van der Waals surface area (Å²) in [5.74, 6) is 7.25. The second-order valence-electron chi connectivity index (χ2n) is 1.02. The number of rotatable bonds is 2. The van der Waals surface area contributed by atoms with E-state index >= 15 is 0 Å². The molecule has 0 spiro atoms. The monoisotopic (exact) mass is 100 g/mol. The van der Waals surface area contributed by atoms with Crippen molar-refractivity contribution < 1.29 is 4.84 Å². The first-order valence-electron chi connectivity index (χ1n) is 1.82. The van der Waals surface area contributed by atoms with Crippen LogP contribution in [0.3, 0.4) is 0 Å². The second-order valence-corrected chi connectivity index (χ2v) is 1.02. The van der Waals surface area contributed by atoms with Gasteiger partial charge in [-0.25, -0.2) is 5.84 Å². The lowest BCUT2D eigenvalue weighted by molar-refractivity contribution is -0.127. The number of nitrogens with two attached hydrogens (primary N) is 1. The zero-order chi connectivity index (χ0) is 5.70. The molecule has 0 aliphatic carbocycles.